The Morgan fingerprint density at radius 2 is 1.75 bits per heavy atom. The molecule has 4 aromatic rings. The van der Waals surface area contributed by atoms with Gasteiger partial charge in [-0.2, -0.15) is 0 Å². The molecule has 2 N–H and O–H groups in total. The summed E-state index contributed by atoms with van der Waals surface area (Å²) >= 11 is 0. The molecule has 6 nitrogen and oxygen atoms in total. The molecule has 28 heavy (non-hydrogen) atoms. The molecule has 0 aliphatic carbocycles. The lowest BCUT2D eigenvalue weighted by Crippen LogP contribution is -2.36. The number of H-pyrrole nitrogens is 2. The van der Waals surface area contributed by atoms with E-state index in [1.165, 1.54) is 0 Å². The standard InChI is InChI=1S/C22H22N4O2/c1-13-20(15-8-4-6-10-17(15)23-13)21(27)14(2)26(3)12-19-24-18-11-7-5-9-16(18)22(28)25-19/h4-11,14,23H,12H2,1-3H3,(H,24,25,28)/t14-/m0/s1. The molecule has 0 aliphatic rings. The number of fused-ring (bicyclic) bond motifs is 2. The maximum atomic E-state index is 13.2. The van der Waals surface area contributed by atoms with Crippen molar-refractivity contribution in [2.45, 2.75) is 26.4 Å². The first-order chi connectivity index (χ1) is 13.5. The maximum Gasteiger partial charge on any atom is 0.258 e. The number of para-hydroxylation sites is 2. The van der Waals surface area contributed by atoms with Crippen LogP contribution in [0.3, 0.4) is 0 Å². The molecule has 0 radical (unpaired) electrons. The number of aromatic amines is 2. The number of ketones is 1. The highest BCUT2D eigenvalue weighted by Crippen LogP contribution is 2.24. The fourth-order valence-electron chi connectivity index (χ4n) is 3.59. The van der Waals surface area contributed by atoms with Gasteiger partial charge in [-0.05, 0) is 39.1 Å². The second-order valence-corrected chi connectivity index (χ2v) is 7.16. The Balaban J connectivity index is 1.61. The maximum absolute atomic E-state index is 13.2. The van der Waals surface area contributed by atoms with Crippen LogP contribution in [0, 0.1) is 6.92 Å². The lowest BCUT2D eigenvalue weighted by atomic mass is 10.0. The molecule has 142 valence electrons. The van der Waals surface area contributed by atoms with Gasteiger partial charge in [0.05, 0.1) is 23.5 Å². The molecule has 0 unspecified atom stereocenters. The van der Waals surface area contributed by atoms with E-state index in [4.69, 9.17) is 0 Å². The quantitative estimate of drug-likeness (QED) is 0.525. The average molecular weight is 374 g/mol. The normalized spacial score (nSPS) is 12.7. The van der Waals surface area contributed by atoms with Crippen molar-refractivity contribution in [1.29, 1.82) is 0 Å². The van der Waals surface area contributed by atoms with Crippen molar-refractivity contribution >= 4 is 27.6 Å². The van der Waals surface area contributed by atoms with Crippen molar-refractivity contribution < 1.29 is 4.79 Å². The smallest absolute Gasteiger partial charge is 0.258 e. The van der Waals surface area contributed by atoms with E-state index in [9.17, 15) is 9.59 Å². The van der Waals surface area contributed by atoms with Gasteiger partial charge in [0.15, 0.2) is 5.78 Å². The minimum absolute atomic E-state index is 0.0422. The van der Waals surface area contributed by atoms with E-state index in [1.807, 2.05) is 68.3 Å². The molecule has 2 aromatic heterocycles. The van der Waals surface area contributed by atoms with Gasteiger partial charge in [0.25, 0.3) is 5.56 Å². The first-order valence-corrected chi connectivity index (χ1v) is 9.25. The lowest BCUT2D eigenvalue weighted by Gasteiger charge is -2.23. The molecule has 0 amide bonds. The number of hydrogen-bond donors (Lipinski definition) is 2. The van der Waals surface area contributed by atoms with Crippen LogP contribution in [-0.4, -0.2) is 38.7 Å². The summed E-state index contributed by atoms with van der Waals surface area (Å²) < 4.78 is 0. The summed E-state index contributed by atoms with van der Waals surface area (Å²) in [5, 5.41) is 1.50. The highest BCUT2D eigenvalue weighted by molar-refractivity contribution is 6.11. The van der Waals surface area contributed by atoms with Gasteiger partial charge < -0.3 is 9.97 Å². The van der Waals surface area contributed by atoms with Crippen molar-refractivity contribution in [2.24, 2.45) is 0 Å². The number of hydrogen-bond acceptors (Lipinski definition) is 4. The second kappa shape index (κ2) is 7.05. The lowest BCUT2D eigenvalue weighted by molar-refractivity contribution is 0.0861. The minimum atomic E-state index is -0.366. The van der Waals surface area contributed by atoms with E-state index in [0.29, 0.717) is 23.3 Å². The molecule has 0 spiro atoms. The summed E-state index contributed by atoms with van der Waals surface area (Å²) in [6, 6.07) is 14.7. The molecule has 6 heteroatoms. The Morgan fingerprint density at radius 3 is 2.54 bits per heavy atom. The van der Waals surface area contributed by atoms with Gasteiger partial charge >= 0.3 is 0 Å². The van der Waals surface area contributed by atoms with Crippen LogP contribution in [0.25, 0.3) is 21.8 Å². The van der Waals surface area contributed by atoms with E-state index in [1.54, 1.807) is 6.07 Å². The molecular weight excluding hydrogens is 352 g/mol. The Labute approximate surface area is 162 Å². The second-order valence-electron chi connectivity index (χ2n) is 7.16. The number of aryl methyl sites for hydroxylation is 1. The number of carbonyl (C=O) groups excluding carboxylic acids is 1. The first-order valence-electron chi connectivity index (χ1n) is 9.25. The van der Waals surface area contributed by atoms with Crippen LogP contribution in [0.15, 0.2) is 53.3 Å². The third kappa shape index (κ3) is 3.12. The highest BCUT2D eigenvalue weighted by Gasteiger charge is 2.24. The molecule has 2 aromatic carbocycles. The first kappa shape index (κ1) is 18.1. The molecule has 0 saturated heterocycles. The zero-order chi connectivity index (χ0) is 19.8. The number of benzene rings is 2. The summed E-state index contributed by atoms with van der Waals surface area (Å²) in [4.78, 5) is 38.0. The van der Waals surface area contributed by atoms with Gasteiger partial charge in [0.1, 0.15) is 5.82 Å². The highest BCUT2D eigenvalue weighted by atomic mass is 16.1. The third-order valence-corrected chi connectivity index (χ3v) is 5.24. The van der Waals surface area contributed by atoms with E-state index in [0.717, 1.165) is 22.2 Å². The van der Waals surface area contributed by atoms with Gasteiger partial charge in [-0.25, -0.2) is 4.98 Å². The fourth-order valence-corrected chi connectivity index (χ4v) is 3.59. The summed E-state index contributed by atoms with van der Waals surface area (Å²) in [5.41, 5.74) is 3.03. The molecule has 2 heterocycles. The fraction of sp³-hybridized carbons (Fsp3) is 0.227. The molecule has 1 atom stereocenters. The molecule has 0 saturated carbocycles. The SMILES string of the molecule is Cc1[nH]c2ccccc2c1C(=O)[C@H](C)N(C)Cc1nc2ccccc2c(=O)[nH]1. The molecule has 0 fully saturated rings. The van der Waals surface area contributed by atoms with Crippen LogP contribution in [0.4, 0.5) is 0 Å². The van der Waals surface area contributed by atoms with Crippen molar-refractivity contribution in [3.8, 4) is 0 Å². The van der Waals surface area contributed by atoms with Crippen molar-refractivity contribution in [1.82, 2.24) is 19.9 Å². The van der Waals surface area contributed by atoms with Crippen LogP contribution in [0.5, 0.6) is 0 Å². The van der Waals surface area contributed by atoms with Crippen LogP contribution >= 0.6 is 0 Å². The van der Waals surface area contributed by atoms with Crippen LogP contribution in [0.2, 0.25) is 0 Å². The van der Waals surface area contributed by atoms with Crippen molar-refractivity contribution in [2.75, 3.05) is 7.05 Å². The summed E-state index contributed by atoms with van der Waals surface area (Å²) in [5.74, 6) is 0.585. The van der Waals surface area contributed by atoms with Gasteiger partial charge in [0, 0.05) is 22.2 Å². The largest absolute Gasteiger partial charge is 0.358 e. The third-order valence-electron chi connectivity index (χ3n) is 5.24. The van der Waals surface area contributed by atoms with Gasteiger partial charge in [0.2, 0.25) is 0 Å². The Bertz CT molecular complexity index is 1240. The Hall–Kier alpha value is -3.25. The Morgan fingerprint density at radius 1 is 1.07 bits per heavy atom. The topological polar surface area (TPSA) is 81.8 Å². The van der Waals surface area contributed by atoms with Gasteiger partial charge in [-0.3, -0.25) is 14.5 Å². The predicted molar refractivity (Wildman–Crippen MR) is 111 cm³/mol. The summed E-state index contributed by atoms with van der Waals surface area (Å²) in [6.07, 6.45) is 0. The van der Waals surface area contributed by atoms with E-state index in [2.05, 4.69) is 15.0 Å². The van der Waals surface area contributed by atoms with Crippen LogP contribution in [0.1, 0.15) is 28.8 Å². The monoisotopic (exact) mass is 374 g/mol. The van der Waals surface area contributed by atoms with E-state index in [-0.39, 0.29) is 17.4 Å². The van der Waals surface area contributed by atoms with E-state index < -0.39 is 0 Å². The molecule has 0 bridgehead atoms. The number of likely N-dealkylation sites (N-methyl/N-ethyl adjacent to an activating group) is 1. The van der Waals surface area contributed by atoms with Gasteiger partial charge in [-0.15, -0.1) is 0 Å². The van der Waals surface area contributed by atoms with Gasteiger partial charge in [-0.1, -0.05) is 30.3 Å². The molecular formula is C22H22N4O2. The number of carbonyl (C=O) groups is 1. The molecule has 0 aliphatic heterocycles. The summed E-state index contributed by atoms with van der Waals surface area (Å²) in [6.45, 7) is 4.17. The van der Waals surface area contributed by atoms with E-state index >= 15 is 0 Å². The number of nitrogens with one attached hydrogen (secondary N) is 2. The van der Waals surface area contributed by atoms with Crippen molar-refractivity contribution in [3.05, 3.63) is 76.0 Å². The number of Topliss-reactive ketones (excluding diaryl/α,β-unsaturated/α-hetero) is 1. The summed E-state index contributed by atoms with van der Waals surface area (Å²) in [7, 11) is 1.86. The predicted octanol–water partition coefficient (Wildman–Crippen LogP) is 3.42. The minimum Gasteiger partial charge on any atom is -0.358 e. The average Bonchev–Trinajstić information content (AvgIpc) is 3.02. The van der Waals surface area contributed by atoms with Crippen LogP contribution in [-0.2, 0) is 6.54 Å². The number of rotatable bonds is 5. The molecule has 4 rings (SSSR count). The zero-order valence-electron chi connectivity index (χ0n) is 16.1. The number of aromatic nitrogens is 3. The van der Waals surface area contributed by atoms with Crippen LogP contribution < -0.4 is 5.56 Å². The Kier molecular flexibility index (Phi) is 4.57. The zero-order valence-corrected chi connectivity index (χ0v) is 16.1. The number of nitrogens with zero attached hydrogens (tertiary/aromatic N) is 2. The van der Waals surface area contributed by atoms with Crippen molar-refractivity contribution in [3.63, 3.8) is 0 Å².